The van der Waals surface area contributed by atoms with Gasteiger partial charge in [0.1, 0.15) is 0 Å². The topological polar surface area (TPSA) is 15.3 Å². The Kier molecular flexibility index (Phi) is 3.32. The summed E-state index contributed by atoms with van der Waals surface area (Å²) in [5.74, 6) is 0. The molecule has 1 heterocycles. The highest BCUT2D eigenvalue weighted by molar-refractivity contribution is 5.48. The first-order valence-electron chi connectivity index (χ1n) is 6.43. The van der Waals surface area contributed by atoms with Crippen LogP contribution < -0.4 is 5.43 Å². The lowest BCUT2D eigenvalue weighted by Gasteiger charge is -2.22. The SMILES string of the molecule is C1=CC(c2ccccc2)N(C=Cc2ccccc2)N1. The molecular weight excluding hydrogens is 232 g/mol. The van der Waals surface area contributed by atoms with Gasteiger partial charge in [-0.1, -0.05) is 60.7 Å². The third kappa shape index (κ3) is 2.68. The molecule has 0 saturated heterocycles. The fraction of sp³-hybridized carbons (Fsp3) is 0.0588. The fourth-order valence-electron chi connectivity index (χ4n) is 2.18. The molecule has 1 aliphatic heterocycles. The van der Waals surface area contributed by atoms with Crippen molar-refractivity contribution in [2.24, 2.45) is 0 Å². The molecule has 0 aromatic heterocycles. The predicted octanol–water partition coefficient (Wildman–Crippen LogP) is 3.73. The summed E-state index contributed by atoms with van der Waals surface area (Å²) in [5, 5.41) is 2.10. The van der Waals surface area contributed by atoms with Gasteiger partial charge in [-0.25, -0.2) is 0 Å². The van der Waals surface area contributed by atoms with Crippen molar-refractivity contribution < 1.29 is 0 Å². The van der Waals surface area contributed by atoms with Crippen LogP contribution in [-0.4, -0.2) is 5.01 Å². The highest BCUT2D eigenvalue weighted by Gasteiger charge is 2.17. The second-order valence-electron chi connectivity index (χ2n) is 4.48. The molecule has 0 aliphatic carbocycles. The third-order valence-electron chi connectivity index (χ3n) is 3.17. The van der Waals surface area contributed by atoms with E-state index in [2.05, 4.69) is 65.2 Å². The molecule has 0 radical (unpaired) electrons. The Hall–Kier alpha value is -2.48. The molecule has 2 heteroatoms. The third-order valence-corrected chi connectivity index (χ3v) is 3.17. The smallest absolute Gasteiger partial charge is 0.0945 e. The summed E-state index contributed by atoms with van der Waals surface area (Å²) in [5.41, 5.74) is 5.72. The van der Waals surface area contributed by atoms with Crippen molar-refractivity contribution in [1.82, 2.24) is 10.4 Å². The minimum Gasteiger partial charge on any atom is -0.306 e. The molecule has 1 N–H and O–H groups in total. The number of nitrogens with zero attached hydrogens (tertiary/aromatic N) is 1. The van der Waals surface area contributed by atoms with Crippen molar-refractivity contribution in [3.05, 3.63) is 90.3 Å². The van der Waals surface area contributed by atoms with Crippen LogP contribution in [-0.2, 0) is 0 Å². The van der Waals surface area contributed by atoms with Crippen LogP contribution >= 0.6 is 0 Å². The second-order valence-corrected chi connectivity index (χ2v) is 4.48. The van der Waals surface area contributed by atoms with E-state index in [0.29, 0.717) is 0 Å². The van der Waals surface area contributed by atoms with E-state index in [9.17, 15) is 0 Å². The van der Waals surface area contributed by atoms with Gasteiger partial charge in [0, 0.05) is 12.4 Å². The van der Waals surface area contributed by atoms with Crippen molar-refractivity contribution >= 4 is 6.08 Å². The van der Waals surface area contributed by atoms with Crippen LogP contribution in [0.15, 0.2) is 79.1 Å². The molecule has 3 rings (SSSR count). The van der Waals surface area contributed by atoms with E-state index in [1.165, 1.54) is 11.1 Å². The number of benzene rings is 2. The lowest BCUT2D eigenvalue weighted by atomic mass is 10.1. The van der Waals surface area contributed by atoms with Crippen molar-refractivity contribution in [2.45, 2.75) is 6.04 Å². The van der Waals surface area contributed by atoms with Gasteiger partial charge in [0.2, 0.25) is 0 Å². The average molecular weight is 248 g/mol. The molecular formula is C17H16N2. The van der Waals surface area contributed by atoms with Gasteiger partial charge < -0.3 is 5.43 Å². The molecule has 2 nitrogen and oxygen atoms in total. The second kappa shape index (κ2) is 5.44. The van der Waals surface area contributed by atoms with Crippen molar-refractivity contribution in [1.29, 1.82) is 0 Å². The molecule has 0 bridgehead atoms. The highest BCUT2D eigenvalue weighted by atomic mass is 15.5. The first-order chi connectivity index (χ1) is 9.43. The zero-order valence-corrected chi connectivity index (χ0v) is 10.6. The summed E-state index contributed by atoms with van der Waals surface area (Å²) < 4.78 is 0. The first kappa shape index (κ1) is 11.6. The molecule has 2 aromatic rings. The van der Waals surface area contributed by atoms with Gasteiger partial charge in [-0.2, -0.15) is 0 Å². The van der Waals surface area contributed by atoms with E-state index < -0.39 is 0 Å². The van der Waals surface area contributed by atoms with Crippen molar-refractivity contribution in [3.63, 3.8) is 0 Å². The molecule has 1 atom stereocenters. The maximum absolute atomic E-state index is 3.24. The summed E-state index contributed by atoms with van der Waals surface area (Å²) in [6.45, 7) is 0. The highest BCUT2D eigenvalue weighted by Crippen LogP contribution is 2.24. The van der Waals surface area contributed by atoms with Gasteiger partial charge >= 0.3 is 0 Å². The molecule has 1 unspecified atom stereocenters. The maximum Gasteiger partial charge on any atom is 0.0945 e. The van der Waals surface area contributed by atoms with E-state index in [1.54, 1.807) is 0 Å². The summed E-state index contributed by atoms with van der Waals surface area (Å²) >= 11 is 0. The predicted molar refractivity (Wildman–Crippen MR) is 78.8 cm³/mol. The zero-order chi connectivity index (χ0) is 12.9. The number of hydrogen-bond acceptors (Lipinski definition) is 2. The number of rotatable bonds is 3. The van der Waals surface area contributed by atoms with Gasteiger partial charge in [0.15, 0.2) is 0 Å². The van der Waals surface area contributed by atoms with Crippen LogP contribution in [0.1, 0.15) is 17.2 Å². The molecule has 94 valence electrons. The molecule has 19 heavy (non-hydrogen) atoms. The molecule has 0 fully saturated rings. The standard InChI is InChI=1S/C17H16N2/c1-3-7-15(8-4-1)12-14-19-17(11-13-18-19)16-9-5-2-6-10-16/h1-14,17-18H. The summed E-state index contributed by atoms with van der Waals surface area (Å²) in [6, 6.07) is 21.0. The quantitative estimate of drug-likeness (QED) is 0.890. The van der Waals surface area contributed by atoms with Gasteiger partial charge in [-0.15, -0.1) is 0 Å². The Morgan fingerprint density at radius 3 is 2.32 bits per heavy atom. The van der Waals surface area contributed by atoms with Crippen LogP contribution in [0.4, 0.5) is 0 Å². The van der Waals surface area contributed by atoms with Gasteiger partial charge in [-0.05, 0) is 23.3 Å². The van der Waals surface area contributed by atoms with E-state index in [-0.39, 0.29) is 6.04 Å². The fourth-order valence-corrected chi connectivity index (χ4v) is 2.18. The van der Waals surface area contributed by atoms with Crippen LogP contribution in [0, 0.1) is 0 Å². The lowest BCUT2D eigenvalue weighted by Crippen LogP contribution is -2.26. The van der Waals surface area contributed by atoms with Crippen LogP contribution in [0.3, 0.4) is 0 Å². The Bertz CT molecular complexity index is 573. The van der Waals surface area contributed by atoms with E-state index in [0.717, 1.165) is 0 Å². The van der Waals surface area contributed by atoms with Crippen molar-refractivity contribution in [2.75, 3.05) is 0 Å². The summed E-state index contributed by atoms with van der Waals surface area (Å²) in [4.78, 5) is 0. The monoisotopic (exact) mass is 248 g/mol. The van der Waals surface area contributed by atoms with E-state index in [4.69, 9.17) is 0 Å². The Morgan fingerprint density at radius 2 is 1.58 bits per heavy atom. The number of hydrazine groups is 1. The van der Waals surface area contributed by atoms with Crippen LogP contribution in [0.5, 0.6) is 0 Å². The minimum atomic E-state index is 0.251. The molecule has 0 amide bonds. The lowest BCUT2D eigenvalue weighted by molar-refractivity contribution is 0.298. The normalized spacial score (nSPS) is 17.9. The van der Waals surface area contributed by atoms with Crippen molar-refractivity contribution in [3.8, 4) is 0 Å². The Labute approximate surface area is 113 Å². The van der Waals surface area contributed by atoms with Gasteiger partial charge in [-0.3, -0.25) is 5.01 Å². The van der Waals surface area contributed by atoms with E-state index >= 15 is 0 Å². The molecule has 0 spiro atoms. The number of hydrogen-bond donors (Lipinski definition) is 1. The molecule has 0 saturated carbocycles. The average Bonchev–Trinajstić information content (AvgIpc) is 2.95. The zero-order valence-electron chi connectivity index (χ0n) is 10.6. The van der Waals surface area contributed by atoms with Gasteiger partial charge in [0.25, 0.3) is 0 Å². The first-order valence-corrected chi connectivity index (χ1v) is 6.43. The van der Waals surface area contributed by atoms with E-state index in [1.807, 2.05) is 30.5 Å². The largest absolute Gasteiger partial charge is 0.306 e. The maximum atomic E-state index is 3.24. The molecule has 2 aromatic carbocycles. The van der Waals surface area contributed by atoms with Crippen LogP contribution in [0.25, 0.3) is 6.08 Å². The Balaban J connectivity index is 1.77. The molecule has 1 aliphatic rings. The van der Waals surface area contributed by atoms with Gasteiger partial charge in [0.05, 0.1) is 6.04 Å². The van der Waals surface area contributed by atoms with Crippen LogP contribution in [0.2, 0.25) is 0 Å². The Morgan fingerprint density at radius 1 is 0.895 bits per heavy atom. The summed E-state index contributed by atoms with van der Waals surface area (Å²) in [6.07, 6.45) is 8.32. The summed E-state index contributed by atoms with van der Waals surface area (Å²) in [7, 11) is 0. The number of nitrogens with one attached hydrogen (secondary N) is 1. The minimum absolute atomic E-state index is 0.251.